The number of allylic oxidation sites excluding steroid dienone is 4. The summed E-state index contributed by atoms with van der Waals surface area (Å²) in [4.78, 5) is 14.1. The van der Waals surface area contributed by atoms with E-state index in [2.05, 4.69) is 24.3 Å². The smallest absolute Gasteiger partial charge is 0.235 e. The third-order valence-corrected chi connectivity index (χ3v) is 8.35. The van der Waals surface area contributed by atoms with Crippen LogP contribution in [0.2, 0.25) is 0 Å². The van der Waals surface area contributed by atoms with Crippen molar-refractivity contribution in [1.82, 2.24) is 4.31 Å². The van der Waals surface area contributed by atoms with Crippen molar-refractivity contribution in [3.05, 3.63) is 96.3 Å². The number of carbonyl (C=O) groups is 1. The Morgan fingerprint density at radius 2 is 1.13 bits per heavy atom. The molecule has 31 heavy (non-hydrogen) atoms. The van der Waals surface area contributed by atoms with Crippen molar-refractivity contribution >= 4 is 27.0 Å². The molecule has 1 heterocycles. The Morgan fingerprint density at radius 3 is 1.48 bits per heavy atom. The molecule has 158 valence electrons. The fourth-order valence-corrected chi connectivity index (χ4v) is 6.57. The Kier molecular flexibility index (Phi) is 4.22. The summed E-state index contributed by atoms with van der Waals surface area (Å²) in [5.41, 5.74) is 2.69. The van der Waals surface area contributed by atoms with Gasteiger partial charge >= 0.3 is 0 Å². The molecule has 2 aliphatic carbocycles. The summed E-state index contributed by atoms with van der Waals surface area (Å²) in [6, 6.07) is 20.2. The average molecular weight is 432 g/mol. The number of carbonyl (C=O) groups excluding carboxylic acids is 1. The third-order valence-electron chi connectivity index (χ3n) is 7.34. The molecule has 5 rings (SSSR count). The van der Waals surface area contributed by atoms with Gasteiger partial charge in [-0.1, -0.05) is 72.8 Å². The van der Waals surface area contributed by atoms with E-state index in [1.807, 2.05) is 62.4 Å². The quantitative estimate of drug-likeness (QED) is 0.705. The maximum atomic E-state index is 14.1. The van der Waals surface area contributed by atoms with Gasteiger partial charge in [-0.15, -0.1) is 0 Å². The zero-order chi connectivity index (χ0) is 22.0. The molecule has 2 aromatic rings. The second kappa shape index (κ2) is 6.54. The van der Waals surface area contributed by atoms with Crippen molar-refractivity contribution in [1.29, 1.82) is 0 Å². The van der Waals surface area contributed by atoms with E-state index in [1.54, 1.807) is 12.4 Å². The highest BCUT2D eigenvalue weighted by Crippen LogP contribution is 2.72. The second-order valence-electron chi connectivity index (χ2n) is 9.04. The normalized spacial score (nSPS) is 31.8. The van der Waals surface area contributed by atoms with Crippen LogP contribution < -0.4 is 0 Å². The molecular formula is C26H25NO3S. The van der Waals surface area contributed by atoms with Crippen molar-refractivity contribution in [3.63, 3.8) is 0 Å². The molecule has 5 heteroatoms. The van der Waals surface area contributed by atoms with E-state index in [4.69, 9.17) is 0 Å². The molecule has 3 aliphatic rings. The first-order valence-corrected chi connectivity index (χ1v) is 12.3. The monoisotopic (exact) mass is 431 g/mol. The van der Waals surface area contributed by atoms with Crippen LogP contribution in [0.4, 0.5) is 0 Å². The summed E-state index contributed by atoms with van der Waals surface area (Å²) >= 11 is 0. The maximum Gasteiger partial charge on any atom is 0.235 e. The van der Waals surface area contributed by atoms with E-state index in [1.165, 1.54) is 10.6 Å². The molecule has 1 fully saturated rings. The molecule has 0 saturated heterocycles. The highest BCUT2D eigenvalue weighted by Gasteiger charge is 2.70. The van der Waals surface area contributed by atoms with Gasteiger partial charge in [0.1, 0.15) is 0 Å². The summed E-state index contributed by atoms with van der Waals surface area (Å²) in [7, 11) is -3.42. The number of sulfonamides is 1. The SMILES string of the molecule is C[C@]12C(=O)[C@](C)(C(c3ccccc3)=C1c1ccccc1)[C@H]1C=CN(S(C)(=O)=O)C=C[C@@H]12. The number of nitrogens with zero attached hydrogens (tertiary/aromatic N) is 1. The molecule has 0 spiro atoms. The summed E-state index contributed by atoms with van der Waals surface area (Å²) in [5.74, 6) is -0.0545. The summed E-state index contributed by atoms with van der Waals surface area (Å²) < 4.78 is 25.6. The number of rotatable bonds is 3. The minimum absolute atomic E-state index is 0.129. The van der Waals surface area contributed by atoms with E-state index in [0.717, 1.165) is 22.3 Å². The van der Waals surface area contributed by atoms with E-state index >= 15 is 0 Å². The third kappa shape index (κ3) is 2.59. The standard InChI is InChI=1S/C26H25NO3S/c1-25-20-14-16-27(31(3,29)30)17-15-21(20)26(2,24(25)28)23(19-12-8-5-9-13-19)22(25)18-10-6-4-7-11-18/h4-17,20-21H,1-3H3/t20-,21-,25-,26+/m0/s1. The number of fused-ring (bicyclic) bond motifs is 5. The van der Waals surface area contributed by atoms with Crippen LogP contribution in [0.15, 0.2) is 85.2 Å². The number of hydrogen-bond donors (Lipinski definition) is 0. The zero-order valence-electron chi connectivity index (χ0n) is 17.8. The lowest BCUT2D eigenvalue weighted by atomic mass is 9.62. The predicted octanol–water partition coefficient (Wildman–Crippen LogP) is 4.74. The number of ketones is 1. The van der Waals surface area contributed by atoms with Gasteiger partial charge in [0.25, 0.3) is 0 Å². The molecule has 0 unspecified atom stereocenters. The van der Waals surface area contributed by atoms with Gasteiger partial charge in [-0.3, -0.25) is 9.10 Å². The summed E-state index contributed by atoms with van der Waals surface area (Å²) in [6.45, 7) is 4.07. The Bertz CT molecular complexity index is 1180. The lowest BCUT2D eigenvalue weighted by Crippen LogP contribution is -2.31. The Morgan fingerprint density at radius 1 is 0.742 bits per heavy atom. The van der Waals surface area contributed by atoms with Crippen molar-refractivity contribution in [2.75, 3.05) is 6.26 Å². The predicted molar refractivity (Wildman–Crippen MR) is 123 cm³/mol. The molecular weight excluding hydrogens is 406 g/mol. The van der Waals surface area contributed by atoms with E-state index in [-0.39, 0.29) is 17.6 Å². The van der Waals surface area contributed by atoms with Crippen LogP contribution in [0, 0.1) is 22.7 Å². The van der Waals surface area contributed by atoms with Gasteiger partial charge in [-0.2, -0.15) is 0 Å². The minimum Gasteiger partial charge on any atom is -0.298 e. The molecule has 0 aromatic heterocycles. The average Bonchev–Trinajstić information content (AvgIpc) is 2.95. The van der Waals surface area contributed by atoms with E-state index in [0.29, 0.717) is 0 Å². The van der Waals surface area contributed by atoms with Crippen LogP contribution >= 0.6 is 0 Å². The van der Waals surface area contributed by atoms with Crippen LogP contribution in [-0.2, 0) is 14.8 Å². The fraction of sp³-hybridized carbons (Fsp3) is 0.269. The number of benzene rings is 2. The van der Waals surface area contributed by atoms with Crippen molar-refractivity contribution < 1.29 is 13.2 Å². The van der Waals surface area contributed by atoms with E-state index in [9.17, 15) is 13.2 Å². The van der Waals surface area contributed by atoms with Gasteiger partial charge in [0.15, 0.2) is 5.78 Å². The van der Waals surface area contributed by atoms with Crippen LogP contribution in [0.3, 0.4) is 0 Å². The molecule has 4 nitrogen and oxygen atoms in total. The van der Waals surface area contributed by atoms with Gasteiger partial charge in [0.05, 0.1) is 17.1 Å². The first-order valence-electron chi connectivity index (χ1n) is 10.5. The fourth-order valence-electron chi connectivity index (χ4n) is 5.99. The Balaban J connectivity index is 1.81. The number of Topliss-reactive ketones (excluding diaryl/α,β-unsaturated/α-hetero) is 1. The Labute approximate surface area is 183 Å². The van der Waals surface area contributed by atoms with Gasteiger partial charge in [-0.05, 0) is 36.1 Å². The van der Waals surface area contributed by atoms with Gasteiger partial charge in [0.2, 0.25) is 10.0 Å². The van der Waals surface area contributed by atoms with Crippen molar-refractivity contribution in [2.45, 2.75) is 13.8 Å². The van der Waals surface area contributed by atoms with Crippen molar-refractivity contribution in [3.8, 4) is 0 Å². The molecule has 0 N–H and O–H groups in total. The van der Waals surface area contributed by atoms with Crippen LogP contribution in [0.1, 0.15) is 25.0 Å². The zero-order valence-corrected chi connectivity index (χ0v) is 18.6. The van der Waals surface area contributed by atoms with Crippen molar-refractivity contribution in [2.24, 2.45) is 22.7 Å². The first-order chi connectivity index (χ1) is 14.7. The highest BCUT2D eigenvalue weighted by atomic mass is 32.2. The second-order valence-corrected chi connectivity index (χ2v) is 10.9. The van der Waals surface area contributed by atoms with Crippen LogP contribution in [0.5, 0.6) is 0 Å². The molecule has 4 atom stereocenters. The minimum atomic E-state index is -3.42. The Hall–Kier alpha value is -2.92. The molecule has 0 amide bonds. The molecule has 2 aromatic carbocycles. The van der Waals surface area contributed by atoms with Crippen LogP contribution in [0.25, 0.3) is 11.1 Å². The maximum absolute atomic E-state index is 14.1. The van der Waals surface area contributed by atoms with Gasteiger partial charge in [-0.25, -0.2) is 8.42 Å². The van der Waals surface area contributed by atoms with Gasteiger partial charge < -0.3 is 0 Å². The lowest BCUT2D eigenvalue weighted by molar-refractivity contribution is -0.127. The number of hydrogen-bond acceptors (Lipinski definition) is 3. The molecule has 2 bridgehead atoms. The van der Waals surface area contributed by atoms with Gasteiger partial charge in [0, 0.05) is 24.2 Å². The lowest BCUT2D eigenvalue weighted by Gasteiger charge is -2.39. The largest absolute Gasteiger partial charge is 0.298 e. The summed E-state index contributed by atoms with van der Waals surface area (Å²) in [6.07, 6.45) is 8.22. The molecule has 1 aliphatic heterocycles. The topological polar surface area (TPSA) is 54.5 Å². The summed E-state index contributed by atoms with van der Waals surface area (Å²) in [5, 5.41) is 0. The highest BCUT2D eigenvalue weighted by molar-refractivity contribution is 7.88. The molecule has 1 saturated carbocycles. The van der Waals surface area contributed by atoms with E-state index < -0.39 is 20.9 Å². The first kappa shape index (κ1) is 20.0. The molecule has 0 radical (unpaired) electrons. The van der Waals surface area contributed by atoms with Crippen LogP contribution in [-0.4, -0.2) is 24.8 Å².